The van der Waals surface area contributed by atoms with E-state index in [9.17, 15) is 9.59 Å². The normalized spacial score (nSPS) is 10.2. The quantitative estimate of drug-likeness (QED) is 0.509. The predicted molar refractivity (Wildman–Crippen MR) is 102 cm³/mol. The van der Waals surface area contributed by atoms with E-state index in [1.54, 1.807) is 7.11 Å². The van der Waals surface area contributed by atoms with Gasteiger partial charge in [0.2, 0.25) is 11.8 Å². The second kappa shape index (κ2) is 10.9. The molecule has 26 heavy (non-hydrogen) atoms. The molecule has 0 atom stereocenters. The fraction of sp³-hybridized carbons (Fsp3) is 0.333. The van der Waals surface area contributed by atoms with Gasteiger partial charge in [-0.05, 0) is 36.5 Å². The number of carbonyl (C=O) groups excluding carboxylic acids is 2. The molecule has 0 saturated heterocycles. The Morgan fingerprint density at radius 3 is 2.23 bits per heavy atom. The lowest BCUT2D eigenvalue weighted by molar-refractivity contribution is -0.129. The molecule has 0 aliphatic carbocycles. The van der Waals surface area contributed by atoms with Crippen LogP contribution in [0.25, 0.3) is 0 Å². The van der Waals surface area contributed by atoms with E-state index in [-0.39, 0.29) is 18.2 Å². The maximum Gasteiger partial charge on any atom is 0.229 e. The average Bonchev–Trinajstić information content (AvgIpc) is 2.66. The van der Waals surface area contributed by atoms with Crippen molar-refractivity contribution in [3.8, 4) is 5.75 Å². The molecule has 5 heteroatoms. The van der Waals surface area contributed by atoms with Crippen LogP contribution in [0.15, 0.2) is 54.6 Å². The Labute approximate surface area is 154 Å². The predicted octanol–water partition coefficient (Wildman–Crippen LogP) is 2.49. The Hall–Kier alpha value is -2.82. The summed E-state index contributed by atoms with van der Waals surface area (Å²) in [6.07, 6.45) is 2.28. The molecule has 0 spiro atoms. The zero-order valence-electron chi connectivity index (χ0n) is 15.2. The number of para-hydroxylation sites is 1. The van der Waals surface area contributed by atoms with Crippen LogP contribution in [0.2, 0.25) is 0 Å². The molecule has 0 bridgehead atoms. The maximum atomic E-state index is 11.8. The Bertz CT molecular complexity index is 701. The highest BCUT2D eigenvalue weighted by molar-refractivity contribution is 5.96. The number of hydrogen-bond donors (Lipinski definition) is 2. The number of ether oxygens (including phenoxy) is 1. The standard InChI is InChI=1S/C21H26N2O3/c1-26-19-12-6-5-11-18(19)13-15-23-21(25)16-20(24)22-14-7-10-17-8-3-2-4-9-17/h2-6,8-9,11-12H,7,10,13-16H2,1H3,(H,22,24)(H,23,25). The minimum Gasteiger partial charge on any atom is -0.496 e. The van der Waals surface area contributed by atoms with Crippen LogP contribution in [0.1, 0.15) is 24.0 Å². The van der Waals surface area contributed by atoms with E-state index < -0.39 is 0 Å². The maximum absolute atomic E-state index is 11.8. The first kappa shape index (κ1) is 19.5. The van der Waals surface area contributed by atoms with E-state index in [0.717, 1.165) is 24.2 Å². The lowest BCUT2D eigenvalue weighted by atomic mass is 10.1. The summed E-state index contributed by atoms with van der Waals surface area (Å²) < 4.78 is 5.28. The van der Waals surface area contributed by atoms with Crippen molar-refractivity contribution < 1.29 is 14.3 Å². The Kier molecular flexibility index (Phi) is 8.19. The van der Waals surface area contributed by atoms with Crippen LogP contribution in [-0.4, -0.2) is 32.0 Å². The molecule has 0 aromatic heterocycles. The third kappa shape index (κ3) is 6.97. The molecule has 0 aliphatic rings. The smallest absolute Gasteiger partial charge is 0.229 e. The second-order valence-corrected chi connectivity index (χ2v) is 6.03. The minimum atomic E-state index is -0.263. The molecule has 2 N–H and O–H groups in total. The van der Waals surface area contributed by atoms with Gasteiger partial charge in [-0.2, -0.15) is 0 Å². The summed E-state index contributed by atoms with van der Waals surface area (Å²) in [7, 11) is 1.62. The fourth-order valence-corrected chi connectivity index (χ4v) is 2.68. The first-order valence-corrected chi connectivity index (χ1v) is 8.88. The van der Waals surface area contributed by atoms with Crippen LogP contribution >= 0.6 is 0 Å². The van der Waals surface area contributed by atoms with Crippen molar-refractivity contribution in [2.45, 2.75) is 25.7 Å². The first-order valence-electron chi connectivity index (χ1n) is 8.88. The molecule has 0 unspecified atom stereocenters. The second-order valence-electron chi connectivity index (χ2n) is 6.03. The van der Waals surface area contributed by atoms with Gasteiger partial charge in [-0.3, -0.25) is 9.59 Å². The van der Waals surface area contributed by atoms with Gasteiger partial charge in [-0.1, -0.05) is 48.5 Å². The summed E-state index contributed by atoms with van der Waals surface area (Å²) in [4.78, 5) is 23.7. The van der Waals surface area contributed by atoms with Crippen LogP contribution in [0.4, 0.5) is 0 Å². The molecule has 0 radical (unpaired) electrons. The van der Waals surface area contributed by atoms with Crippen molar-refractivity contribution in [1.82, 2.24) is 10.6 Å². The van der Waals surface area contributed by atoms with Gasteiger partial charge in [0.1, 0.15) is 12.2 Å². The lowest BCUT2D eigenvalue weighted by Crippen LogP contribution is -2.33. The number of nitrogens with one attached hydrogen (secondary N) is 2. The molecule has 0 aliphatic heterocycles. The molecule has 0 fully saturated rings. The zero-order chi connectivity index (χ0) is 18.6. The van der Waals surface area contributed by atoms with E-state index in [1.165, 1.54) is 5.56 Å². The van der Waals surface area contributed by atoms with Crippen molar-refractivity contribution in [3.05, 3.63) is 65.7 Å². The topological polar surface area (TPSA) is 67.4 Å². The molecular weight excluding hydrogens is 328 g/mol. The average molecular weight is 354 g/mol. The van der Waals surface area contributed by atoms with Gasteiger partial charge in [-0.25, -0.2) is 0 Å². The van der Waals surface area contributed by atoms with E-state index in [1.807, 2.05) is 42.5 Å². The van der Waals surface area contributed by atoms with Gasteiger partial charge >= 0.3 is 0 Å². The molecule has 2 amide bonds. The summed E-state index contributed by atoms with van der Waals surface area (Å²) in [6, 6.07) is 17.8. The number of benzene rings is 2. The monoisotopic (exact) mass is 354 g/mol. The molecule has 5 nitrogen and oxygen atoms in total. The largest absolute Gasteiger partial charge is 0.496 e. The van der Waals surface area contributed by atoms with Crippen LogP contribution in [0, 0.1) is 0 Å². The van der Waals surface area contributed by atoms with Gasteiger partial charge in [-0.15, -0.1) is 0 Å². The molecule has 0 heterocycles. The number of hydrogen-bond acceptors (Lipinski definition) is 3. The van der Waals surface area contributed by atoms with E-state index in [0.29, 0.717) is 19.5 Å². The van der Waals surface area contributed by atoms with Gasteiger partial charge < -0.3 is 15.4 Å². The van der Waals surface area contributed by atoms with Gasteiger partial charge in [0, 0.05) is 13.1 Å². The lowest BCUT2D eigenvalue weighted by Gasteiger charge is -2.09. The van der Waals surface area contributed by atoms with Gasteiger partial charge in [0.25, 0.3) is 0 Å². The summed E-state index contributed by atoms with van der Waals surface area (Å²) in [6.45, 7) is 1.04. The third-order valence-corrected chi connectivity index (χ3v) is 4.04. The van der Waals surface area contributed by atoms with Crippen molar-refractivity contribution in [2.24, 2.45) is 0 Å². The van der Waals surface area contributed by atoms with E-state index in [4.69, 9.17) is 4.74 Å². The fourth-order valence-electron chi connectivity index (χ4n) is 2.68. The molecule has 2 aromatic carbocycles. The summed E-state index contributed by atoms with van der Waals surface area (Å²) in [5.74, 6) is 0.297. The van der Waals surface area contributed by atoms with Gasteiger partial charge in [0.15, 0.2) is 0 Å². The summed E-state index contributed by atoms with van der Waals surface area (Å²) >= 11 is 0. The Morgan fingerprint density at radius 1 is 0.846 bits per heavy atom. The number of methoxy groups -OCH3 is 1. The van der Waals surface area contributed by atoms with Crippen LogP contribution in [0.3, 0.4) is 0 Å². The van der Waals surface area contributed by atoms with Gasteiger partial charge in [0.05, 0.1) is 7.11 Å². The molecule has 138 valence electrons. The highest BCUT2D eigenvalue weighted by Gasteiger charge is 2.09. The number of amides is 2. The zero-order valence-corrected chi connectivity index (χ0v) is 15.2. The van der Waals surface area contributed by atoms with Crippen molar-refractivity contribution >= 4 is 11.8 Å². The highest BCUT2D eigenvalue weighted by atomic mass is 16.5. The summed E-state index contributed by atoms with van der Waals surface area (Å²) in [5.41, 5.74) is 2.27. The molecular formula is C21H26N2O3. The number of carbonyl (C=O) groups is 2. The SMILES string of the molecule is COc1ccccc1CCNC(=O)CC(=O)NCCCc1ccccc1. The Balaban J connectivity index is 1.59. The minimum absolute atomic E-state index is 0.142. The highest BCUT2D eigenvalue weighted by Crippen LogP contribution is 2.17. The van der Waals surface area contributed by atoms with Crippen LogP contribution in [0.5, 0.6) is 5.75 Å². The van der Waals surface area contributed by atoms with Crippen molar-refractivity contribution in [1.29, 1.82) is 0 Å². The van der Waals surface area contributed by atoms with Crippen LogP contribution < -0.4 is 15.4 Å². The van der Waals surface area contributed by atoms with Crippen molar-refractivity contribution in [2.75, 3.05) is 20.2 Å². The third-order valence-electron chi connectivity index (χ3n) is 4.04. The summed E-state index contributed by atoms with van der Waals surface area (Å²) in [5, 5.41) is 5.56. The molecule has 2 rings (SSSR count). The molecule has 0 saturated carbocycles. The first-order chi connectivity index (χ1) is 12.7. The number of rotatable bonds is 10. The van der Waals surface area contributed by atoms with Crippen LogP contribution in [-0.2, 0) is 22.4 Å². The van der Waals surface area contributed by atoms with Crippen molar-refractivity contribution in [3.63, 3.8) is 0 Å². The molecule has 2 aromatic rings. The number of aryl methyl sites for hydroxylation is 1. The van der Waals surface area contributed by atoms with E-state index in [2.05, 4.69) is 22.8 Å². The Morgan fingerprint density at radius 2 is 1.50 bits per heavy atom. The van der Waals surface area contributed by atoms with E-state index >= 15 is 0 Å².